The average Bonchev–Trinajstić information content (AvgIpc) is 2.41. The number of rotatable bonds is 3. The Morgan fingerprint density at radius 1 is 1.21 bits per heavy atom. The zero-order chi connectivity index (χ0) is 13.8. The van der Waals surface area contributed by atoms with Crippen molar-refractivity contribution in [3.8, 4) is 6.07 Å². The summed E-state index contributed by atoms with van der Waals surface area (Å²) in [6.45, 7) is 2.01. The first-order chi connectivity index (χ1) is 9.10. The van der Waals surface area contributed by atoms with Crippen LogP contribution in [-0.2, 0) is 0 Å². The van der Waals surface area contributed by atoms with Crippen molar-refractivity contribution < 1.29 is 4.39 Å². The van der Waals surface area contributed by atoms with Crippen LogP contribution in [0.25, 0.3) is 0 Å². The Kier molecular flexibility index (Phi) is 4.38. The molecule has 0 fully saturated rings. The van der Waals surface area contributed by atoms with Crippen LogP contribution in [0.15, 0.2) is 42.5 Å². The summed E-state index contributed by atoms with van der Waals surface area (Å²) in [7, 11) is 0. The van der Waals surface area contributed by atoms with E-state index in [9.17, 15) is 4.39 Å². The number of nitrogens with one attached hydrogen (secondary N) is 1. The van der Waals surface area contributed by atoms with E-state index in [1.54, 1.807) is 6.07 Å². The van der Waals surface area contributed by atoms with Crippen LogP contribution in [0.1, 0.15) is 24.1 Å². The van der Waals surface area contributed by atoms with Gasteiger partial charge in [0.25, 0.3) is 0 Å². The van der Waals surface area contributed by atoms with Crippen molar-refractivity contribution in [1.29, 1.82) is 5.26 Å². The number of hydrogen-bond acceptors (Lipinski definition) is 2. The third kappa shape index (κ3) is 3.44. The summed E-state index contributed by atoms with van der Waals surface area (Å²) < 4.78 is 14.2. The van der Waals surface area contributed by atoms with Gasteiger partial charge in [-0.15, -0.1) is 0 Å². The van der Waals surface area contributed by atoms with Gasteiger partial charge in [-0.3, -0.25) is 0 Å². The minimum absolute atomic E-state index is 0.0505. The Hall–Kier alpha value is -1.61. The smallest absolute Gasteiger partial charge is 0.124 e. The second-order valence-corrected chi connectivity index (χ2v) is 5.46. The van der Waals surface area contributed by atoms with E-state index in [-0.39, 0.29) is 6.04 Å². The van der Waals surface area contributed by atoms with E-state index >= 15 is 0 Å². The first-order valence-corrected chi connectivity index (χ1v) is 6.89. The summed E-state index contributed by atoms with van der Waals surface area (Å²) in [5, 5.41) is 12.2. The van der Waals surface area contributed by atoms with Crippen molar-refractivity contribution in [2.45, 2.75) is 13.0 Å². The maximum absolute atomic E-state index is 13.1. The van der Waals surface area contributed by atoms with Crippen molar-refractivity contribution in [3.05, 3.63) is 63.0 Å². The highest BCUT2D eigenvalue weighted by molar-refractivity contribution is 14.1. The van der Waals surface area contributed by atoms with Gasteiger partial charge in [0, 0.05) is 9.61 Å². The molecule has 19 heavy (non-hydrogen) atoms. The van der Waals surface area contributed by atoms with Crippen molar-refractivity contribution >= 4 is 28.3 Å². The summed E-state index contributed by atoms with van der Waals surface area (Å²) in [6.07, 6.45) is 0. The highest BCUT2D eigenvalue weighted by Crippen LogP contribution is 2.23. The van der Waals surface area contributed by atoms with Gasteiger partial charge in [-0.2, -0.15) is 5.26 Å². The number of nitrogens with zero attached hydrogens (tertiary/aromatic N) is 1. The van der Waals surface area contributed by atoms with Crippen molar-refractivity contribution in [1.82, 2.24) is 0 Å². The Balaban J connectivity index is 2.21. The van der Waals surface area contributed by atoms with Gasteiger partial charge in [-0.1, -0.05) is 12.1 Å². The zero-order valence-corrected chi connectivity index (χ0v) is 12.5. The molecule has 0 saturated heterocycles. The Morgan fingerprint density at radius 2 is 1.89 bits per heavy atom. The standard InChI is InChI=1S/C15H12FIN2/c1-10(11-2-5-14(17)6-3-11)19-15-7-4-13(16)8-12(15)9-18/h2-8,10,19H,1H3. The molecule has 0 aliphatic rings. The lowest BCUT2D eigenvalue weighted by atomic mass is 10.1. The van der Waals surface area contributed by atoms with Gasteiger partial charge in [0.05, 0.1) is 11.3 Å². The fourth-order valence-electron chi connectivity index (χ4n) is 1.80. The van der Waals surface area contributed by atoms with E-state index in [4.69, 9.17) is 5.26 Å². The fourth-order valence-corrected chi connectivity index (χ4v) is 2.16. The van der Waals surface area contributed by atoms with Gasteiger partial charge in [-0.05, 0) is 65.4 Å². The molecular weight excluding hydrogens is 354 g/mol. The van der Waals surface area contributed by atoms with Gasteiger partial charge in [-0.25, -0.2) is 4.39 Å². The highest BCUT2D eigenvalue weighted by atomic mass is 127. The van der Waals surface area contributed by atoms with Crippen LogP contribution in [0, 0.1) is 20.7 Å². The molecule has 0 aliphatic heterocycles. The normalized spacial score (nSPS) is 11.7. The molecule has 96 valence electrons. The van der Waals surface area contributed by atoms with E-state index < -0.39 is 5.82 Å². The first-order valence-electron chi connectivity index (χ1n) is 5.82. The van der Waals surface area contributed by atoms with Gasteiger partial charge in [0.15, 0.2) is 0 Å². The number of anilines is 1. The maximum atomic E-state index is 13.1. The number of hydrogen-bond donors (Lipinski definition) is 1. The second kappa shape index (κ2) is 6.02. The van der Waals surface area contributed by atoms with Crippen LogP contribution >= 0.6 is 22.6 Å². The zero-order valence-electron chi connectivity index (χ0n) is 10.3. The summed E-state index contributed by atoms with van der Waals surface area (Å²) in [5.74, 6) is -0.399. The molecule has 0 aliphatic carbocycles. The fraction of sp³-hybridized carbons (Fsp3) is 0.133. The Labute approximate surface area is 125 Å². The molecule has 0 spiro atoms. The Bertz CT molecular complexity index is 617. The largest absolute Gasteiger partial charge is 0.377 e. The number of nitriles is 1. The monoisotopic (exact) mass is 366 g/mol. The van der Waals surface area contributed by atoms with Crippen molar-refractivity contribution in [2.24, 2.45) is 0 Å². The molecule has 2 aromatic carbocycles. The Morgan fingerprint density at radius 3 is 2.53 bits per heavy atom. The quantitative estimate of drug-likeness (QED) is 0.814. The summed E-state index contributed by atoms with van der Waals surface area (Å²) in [5.41, 5.74) is 2.08. The summed E-state index contributed by atoms with van der Waals surface area (Å²) in [6, 6.07) is 14.4. The molecule has 1 atom stereocenters. The molecule has 4 heteroatoms. The topological polar surface area (TPSA) is 35.8 Å². The number of benzene rings is 2. The molecule has 1 unspecified atom stereocenters. The molecule has 2 nitrogen and oxygen atoms in total. The molecule has 2 rings (SSSR count). The van der Waals surface area contributed by atoms with Crippen LogP contribution in [0.2, 0.25) is 0 Å². The SMILES string of the molecule is CC(Nc1ccc(F)cc1C#N)c1ccc(I)cc1. The third-order valence-electron chi connectivity index (χ3n) is 2.84. The summed E-state index contributed by atoms with van der Waals surface area (Å²) in [4.78, 5) is 0. The molecule has 0 aromatic heterocycles. The second-order valence-electron chi connectivity index (χ2n) is 4.22. The van der Waals surface area contributed by atoms with E-state index in [0.717, 1.165) is 5.56 Å². The molecule has 2 aromatic rings. The van der Waals surface area contributed by atoms with E-state index in [1.165, 1.54) is 15.7 Å². The predicted molar refractivity (Wildman–Crippen MR) is 82.3 cm³/mol. The van der Waals surface area contributed by atoms with Crippen molar-refractivity contribution in [3.63, 3.8) is 0 Å². The van der Waals surface area contributed by atoms with E-state index in [0.29, 0.717) is 11.3 Å². The third-order valence-corrected chi connectivity index (χ3v) is 3.56. The lowest BCUT2D eigenvalue weighted by Gasteiger charge is -2.16. The average molecular weight is 366 g/mol. The molecule has 1 N–H and O–H groups in total. The first kappa shape index (κ1) is 13.8. The lowest BCUT2D eigenvalue weighted by molar-refractivity contribution is 0.627. The van der Waals surface area contributed by atoms with Crippen LogP contribution in [0.4, 0.5) is 10.1 Å². The molecular formula is C15H12FIN2. The maximum Gasteiger partial charge on any atom is 0.124 e. The molecule has 0 bridgehead atoms. The minimum Gasteiger partial charge on any atom is -0.377 e. The van der Waals surface area contributed by atoms with Crippen LogP contribution in [-0.4, -0.2) is 0 Å². The van der Waals surface area contributed by atoms with Gasteiger partial charge < -0.3 is 5.32 Å². The predicted octanol–water partition coefficient (Wildman–Crippen LogP) is 4.48. The van der Waals surface area contributed by atoms with E-state index in [1.807, 2.05) is 37.3 Å². The van der Waals surface area contributed by atoms with Gasteiger partial charge >= 0.3 is 0 Å². The van der Waals surface area contributed by atoms with Crippen LogP contribution in [0.5, 0.6) is 0 Å². The molecule has 0 amide bonds. The van der Waals surface area contributed by atoms with Gasteiger partial charge in [0.1, 0.15) is 11.9 Å². The minimum atomic E-state index is -0.399. The lowest BCUT2D eigenvalue weighted by Crippen LogP contribution is -2.08. The van der Waals surface area contributed by atoms with Crippen LogP contribution < -0.4 is 5.32 Å². The van der Waals surface area contributed by atoms with Gasteiger partial charge in [0.2, 0.25) is 0 Å². The van der Waals surface area contributed by atoms with Crippen LogP contribution in [0.3, 0.4) is 0 Å². The van der Waals surface area contributed by atoms with Crippen molar-refractivity contribution in [2.75, 3.05) is 5.32 Å². The van der Waals surface area contributed by atoms with E-state index in [2.05, 4.69) is 27.9 Å². The summed E-state index contributed by atoms with van der Waals surface area (Å²) >= 11 is 2.25. The molecule has 0 saturated carbocycles. The molecule has 0 heterocycles. The number of halogens is 2. The highest BCUT2D eigenvalue weighted by Gasteiger charge is 2.09. The molecule has 0 radical (unpaired) electrons.